The molecule has 0 aromatic rings. The van der Waals surface area contributed by atoms with Gasteiger partial charge in [-0.1, -0.05) is 20.8 Å². The summed E-state index contributed by atoms with van der Waals surface area (Å²) in [5.41, 5.74) is 0. The molecule has 0 aliphatic rings. The van der Waals surface area contributed by atoms with E-state index >= 15 is 0 Å². The van der Waals surface area contributed by atoms with Crippen LogP contribution in [0.25, 0.3) is 0 Å². The molecule has 1 atom stereocenters. The first-order valence-electron chi connectivity index (χ1n) is 6.11. The average molecular weight is 216 g/mol. The number of rotatable bonds is 9. The Labute approximate surface area is 95.2 Å². The standard InChI is InChI=1S/C12H28N2O/c1-6-13-12(11(3)4)10-14(5)8-9-15-7-2/h11-13H,6-10H2,1-5H3. The van der Waals surface area contributed by atoms with Gasteiger partial charge in [-0.3, -0.25) is 0 Å². The van der Waals surface area contributed by atoms with E-state index in [1.807, 2.05) is 6.92 Å². The molecule has 1 unspecified atom stereocenters. The molecule has 0 radical (unpaired) electrons. The van der Waals surface area contributed by atoms with Gasteiger partial charge in [-0.2, -0.15) is 0 Å². The fraction of sp³-hybridized carbons (Fsp3) is 1.00. The summed E-state index contributed by atoms with van der Waals surface area (Å²) in [7, 11) is 2.16. The molecule has 0 aromatic carbocycles. The number of nitrogens with zero attached hydrogens (tertiary/aromatic N) is 1. The van der Waals surface area contributed by atoms with Crippen molar-refractivity contribution in [2.45, 2.75) is 33.7 Å². The molecule has 0 amide bonds. The first-order valence-corrected chi connectivity index (χ1v) is 6.11. The summed E-state index contributed by atoms with van der Waals surface area (Å²) in [6, 6.07) is 0.585. The smallest absolute Gasteiger partial charge is 0.0593 e. The number of hydrogen-bond donors (Lipinski definition) is 1. The highest BCUT2D eigenvalue weighted by atomic mass is 16.5. The van der Waals surface area contributed by atoms with Crippen LogP contribution in [0.15, 0.2) is 0 Å². The zero-order chi connectivity index (χ0) is 11.7. The Bertz CT molecular complexity index is 140. The number of ether oxygens (including phenoxy) is 1. The Hall–Kier alpha value is -0.120. The second-order valence-corrected chi connectivity index (χ2v) is 4.37. The molecule has 0 aliphatic heterocycles. The molecule has 0 saturated heterocycles. The zero-order valence-electron chi connectivity index (χ0n) is 11.0. The fourth-order valence-corrected chi connectivity index (χ4v) is 1.57. The fourth-order valence-electron chi connectivity index (χ4n) is 1.57. The predicted molar refractivity (Wildman–Crippen MR) is 66.3 cm³/mol. The molecule has 0 spiro atoms. The van der Waals surface area contributed by atoms with Crippen LogP contribution >= 0.6 is 0 Å². The first-order chi connectivity index (χ1) is 7.11. The lowest BCUT2D eigenvalue weighted by Crippen LogP contribution is -2.43. The van der Waals surface area contributed by atoms with Crippen LogP contribution < -0.4 is 5.32 Å². The molecule has 3 nitrogen and oxygen atoms in total. The lowest BCUT2D eigenvalue weighted by molar-refractivity contribution is 0.116. The molecule has 0 aromatic heterocycles. The van der Waals surface area contributed by atoms with Crippen molar-refractivity contribution in [2.75, 3.05) is 39.9 Å². The van der Waals surface area contributed by atoms with Crippen LogP contribution in [0.3, 0.4) is 0 Å². The summed E-state index contributed by atoms with van der Waals surface area (Å²) in [6.45, 7) is 13.5. The van der Waals surface area contributed by atoms with E-state index < -0.39 is 0 Å². The van der Waals surface area contributed by atoms with E-state index in [1.54, 1.807) is 0 Å². The van der Waals surface area contributed by atoms with Gasteiger partial charge in [0.2, 0.25) is 0 Å². The minimum absolute atomic E-state index is 0.585. The molecule has 0 fully saturated rings. The second-order valence-electron chi connectivity index (χ2n) is 4.37. The van der Waals surface area contributed by atoms with E-state index in [-0.39, 0.29) is 0 Å². The third kappa shape index (κ3) is 7.77. The van der Waals surface area contributed by atoms with Crippen LogP contribution in [-0.2, 0) is 4.74 Å². The van der Waals surface area contributed by atoms with Gasteiger partial charge in [0.05, 0.1) is 6.61 Å². The predicted octanol–water partition coefficient (Wildman–Crippen LogP) is 1.59. The van der Waals surface area contributed by atoms with Crippen molar-refractivity contribution in [1.29, 1.82) is 0 Å². The summed E-state index contributed by atoms with van der Waals surface area (Å²) in [4.78, 5) is 2.34. The third-order valence-corrected chi connectivity index (χ3v) is 2.60. The molecule has 0 saturated carbocycles. The van der Waals surface area contributed by atoms with Gasteiger partial charge < -0.3 is 15.0 Å². The average Bonchev–Trinajstić information content (AvgIpc) is 2.17. The van der Waals surface area contributed by atoms with Gasteiger partial charge in [-0.25, -0.2) is 0 Å². The van der Waals surface area contributed by atoms with Crippen molar-refractivity contribution < 1.29 is 4.74 Å². The third-order valence-electron chi connectivity index (χ3n) is 2.60. The summed E-state index contributed by atoms with van der Waals surface area (Å²) >= 11 is 0. The monoisotopic (exact) mass is 216 g/mol. The van der Waals surface area contributed by atoms with Crippen LogP contribution in [0.1, 0.15) is 27.7 Å². The van der Waals surface area contributed by atoms with Gasteiger partial charge in [-0.15, -0.1) is 0 Å². The lowest BCUT2D eigenvalue weighted by atomic mass is 10.0. The van der Waals surface area contributed by atoms with Crippen molar-refractivity contribution >= 4 is 0 Å². The van der Waals surface area contributed by atoms with Gasteiger partial charge in [-0.05, 0) is 26.4 Å². The number of hydrogen-bond acceptors (Lipinski definition) is 3. The van der Waals surface area contributed by atoms with Crippen molar-refractivity contribution in [2.24, 2.45) is 5.92 Å². The molecular weight excluding hydrogens is 188 g/mol. The SMILES string of the molecule is CCNC(CN(C)CCOCC)C(C)C. The number of nitrogens with one attached hydrogen (secondary N) is 1. The Kier molecular flexibility index (Phi) is 9.06. The highest BCUT2D eigenvalue weighted by molar-refractivity contribution is 4.73. The second kappa shape index (κ2) is 9.13. The molecule has 92 valence electrons. The summed E-state index contributed by atoms with van der Waals surface area (Å²) in [5.74, 6) is 0.680. The largest absolute Gasteiger partial charge is 0.380 e. The van der Waals surface area contributed by atoms with E-state index in [2.05, 4.69) is 38.0 Å². The summed E-state index contributed by atoms with van der Waals surface area (Å²) < 4.78 is 5.34. The van der Waals surface area contributed by atoms with Gasteiger partial charge in [0.25, 0.3) is 0 Å². The first kappa shape index (κ1) is 14.9. The molecule has 0 aliphatic carbocycles. The molecule has 1 N–H and O–H groups in total. The normalized spacial score (nSPS) is 13.8. The van der Waals surface area contributed by atoms with Crippen molar-refractivity contribution in [3.8, 4) is 0 Å². The van der Waals surface area contributed by atoms with E-state index in [1.165, 1.54) is 0 Å². The maximum atomic E-state index is 5.34. The zero-order valence-corrected chi connectivity index (χ0v) is 11.0. The molecule has 0 bridgehead atoms. The molecular formula is C12H28N2O. The Morgan fingerprint density at radius 3 is 2.40 bits per heavy atom. The van der Waals surface area contributed by atoms with Gasteiger partial charge in [0.15, 0.2) is 0 Å². The van der Waals surface area contributed by atoms with Crippen LogP contribution in [0.4, 0.5) is 0 Å². The molecule has 15 heavy (non-hydrogen) atoms. The molecule has 3 heteroatoms. The topological polar surface area (TPSA) is 24.5 Å². The van der Waals surface area contributed by atoms with E-state index in [9.17, 15) is 0 Å². The van der Waals surface area contributed by atoms with Crippen molar-refractivity contribution in [3.05, 3.63) is 0 Å². The van der Waals surface area contributed by atoms with Gasteiger partial charge >= 0.3 is 0 Å². The van der Waals surface area contributed by atoms with E-state index in [0.29, 0.717) is 12.0 Å². The van der Waals surface area contributed by atoms with Crippen LogP contribution in [0.5, 0.6) is 0 Å². The van der Waals surface area contributed by atoms with Crippen LogP contribution in [-0.4, -0.2) is 50.8 Å². The minimum atomic E-state index is 0.585. The molecule has 0 rings (SSSR count). The quantitative estimate of drug-likeness (QED) is 0.592. The Morgan fingerprint density at radius 2 is 1.93 bits per heavy atom. The lowest BCUT2D eigenvalue weighted by Gasteiger charge is -2.27. The Balaban J connectivity index is 3.73. The highest BCUT2D eigenvalue weighted by Crippen LogP contribution is 2.02. The molecule has 0 heterocycles. The summed E-state index contributed by atoms with van der Waals surface area (Å²) in [6.07, 6.45) is 0. The van der Waals surface area contributed by atoms with Crippen molar-refractivity contribution in [1.82, 2.24) is 10.2 Å². The van der Waals surface area contributed by atoms with Crippen molar-refractivity contribution in [3.63, 3.8) is 0 Å². The van der Waals surface area contributed by atoms with E-state index in [0.717, 1.165) is 32.8 Å². The summed E-state index contributed by atoms with van der Waals surface area (Å²) in [5, 5.41) is 3.52. The van der Waals surface area contributed by atoms with Crippen LogP contribution in [0, 0.1) is 5.92 Å². The highest BCUT2D eigenvalue weighted by Gasteiger charge is 2.13. The van der Waals surface area contributed by atoms with Gasteiger partial charge in [0, 0.05) is 25.7 Å². The van der Waals surface area contributed by atoms with E-state index in [4.69, 9.17) is 4.74 Å². The van der Waals surface area contributed by atoms with Crippen LogP contribution in [0.2, 0.25) is 0 Å². The van der Waals surface area contributed by atoms with Gasteiger partial charge in [0.1, 0.15) is 0 Å². The minimum Gasteiger partial charge on any atom is -0.380 e. The number of likely N-dealkylation sites (N-methyl/N-ethyl adjacent to an activating group) is 2. The maximum Gasteiger partial charge on any atom is 0.0593 e. The Morgan fingerprint density at radius 1 is 1.27 bits per heavy atom. The maximum absolute atomic E-state index is 5.34.